The molecule has 1 fully saturated rings. The van der Waals surface area contributed by atoms with Crippen LogP contribution in [0.5, 0.6) is 5.06 Å². The maximum atomic E-state index is 5.83. The van der Waals surface area contributed by atoms with Crippen LogP contribution in [-0.4, -0.2) is 26.2 Å². The number of thiophene rings is 1. The van der Waals surface area contributed by atoms with Gasteiger partial charge in [0, 0.05) is 19.1 Å². The van der Waals surface area contributed by atoms with Crippen LogP contribution in [0.15, 0.2) is 12.1 Å². The second-order valence-electron chi connectivity index (χ2n) is 3.29. The van der Waals surface area contributed by atoms with Gasteiger partial charge >= 0.3 is 0 Å². The van der Waals surface area contributed by atoms with E-state index in [1.165, 1.54) is 5.00 Å². The summed E-state index contributed by atoms with van der Waals surface area (Å²) in [5.41, 5.74) is 5.83. The first-order valence-electron chi connectivity index (χ1n) is 4.44. The second kappa shape index (κ2) is 3.55. The van der Waals surface area contributed by atoms with Gasteiger partial charge in [-0.05, 0) is 18.6 Å². The average molecular weight is 198 g/mol. The van der Waals surface area contributed by atoms with Crippen LogP contribution in [-0.2, 0) is 0 Å². The molecule has 0 radical (unpaired) electrons. The summed E-state index contributed by atoms with van der Waals surface area (Å²) < 4.78 is 5.14. The highest BCUT2D eigenvalue weighted by atomic mass is 32.1. The third kappa shape index (κ3) is 1.78. The van der Waals surface area contributed by atoms with Crippen molar-refractivity contribution in [1.29, 1.82) is 0 Å². The van der Waals surface area contributed by atoms with E-state index < -0.39 is 0 Å². The molecule has 72 valence electrons. The lowest BCUT2D eigenvalue weighted by atomic mass is 10.3. The summed E-state index contributed by atoms with van der Waals surface area (Å²) in [4.78, 5) is 2.32. The fourth-order valence-corrected chi connectivity index (χ4v) is 2.43. The lowest BCUT2D eigenvalue weighted by molar-refractivity contribution is 0.427. The van der Waals surface area contributed by atoms with E-state index in [9.17, 15) is 0 Å². The highest BCUT2D eigenvalue weighted by Gasteiger charge is 2.20. The molecule has 0 bridgehead atoms. The van der Waals surface area contributed by atoms with Gasteiger partial charge in [-0.3, -0.25) is 0 Å². The van der Waals surface area contributed by atoms with Gasteiger partial charge in [-0.15, -0.1) is 0 Å². The van der Waals surface area contributed by atoms with Crippen molar-refractivity contribution >= 4 is 16.3 Å². The zero-order valence-corrected chi connectivity index (χ0v) is 8.51. The minimum absolute atomic E-state index is 0.341. The first-order valence-corrected chi connectivity index (χ1v) is 5.25. The molecule has 0 aromatic carbocycles. The van der Waals surface area contributed by atoms with Gasteiger partial charge in [-0.2, -0.15) is 0 Å². The summed E-state index contributed by atoms with van der Waals surface area (Å²) in [6.07, 6.45) is 1.10. The predicted octanol–water partition coefficient (Wildman–Crippen LogP) is 1.29. The van der Waals surface area contributed by atoms with Crippen molar-refractivity contribution < 1.29 is 4.74 Å². The molecule has 1 aliphatic rings. The molecule has 3 nitrogen and oxygen atoms in total. The molecule has 1 atom stereocenters. The van der Waals surface area contributed by atoms with E-state index in [4.69, 9.17) is 10.5 Å². The third-order valence-corrected chi connectivity index (χ3v) is 3.41. The molecule has 0 spiro atoms. The maximum Gasteiger partial charge on any atom is 0.175 e. The van der Waals surface area contributed by atoms with E-state index >= 15 is 0 Å². The zero-order chi connectivity index (χ0) is 9.26. The Balaban J connectivity index is 2.08. The first kappa shape index (κ1) is 8.84. The molecule has 0 aliphatic carbocycles. The van der Waals surface area contributed by atoms with Crippen molar-refractivity contribution in [3.05, 3.63) is 12.1 Å². The van der Waals surface area contributed by atoms with Gasteiger partial charge in [0.1, 0.15) is 0 Å². The van der Waals surface area contributed by atoms with Crippen molar-refractivity contribution in [2.45, 2.75) is 12.5 Å². The molecule has 2 rings (SSSR count). The second-order valence-corrected chi connectivity index (χ2v) is 4.32. The minimum atomic E-state index is 0.341. The van der Waals surface area contributed by atoms with Crippen LogP contribution >= 0.6 is 11.3 Å². The highest BCUT2D eigenvalue weighted by molar-refractivity contribution is 7.17. The van der Waals surface area contributed by atoms with E-state index in [2.05, 4.69) is 11.0 Å². The topological polar surface area (TPSA) is 38.5 Å². The van der Waals surface area contributed by atoms with Gasteiger partial charge in [-0.25, -0.2) is 0 Å². The highest BCUT2D eigenvalue weighted by Crippen LogP contribution is 2.33. The number of hydrogen-bond donors (Lipinski definition) is 1. The number of rotatable bonds is 2. The van der Waals surface area contributed by atoms with E-state index in [1.54, 1.807) is 18.4 Å². The Morgan fingerprint density at radius 2 is 2.46 bits per heavy atom. The Kier molecular flexibility index (Phi) is 2.42. The summed E-state index contributed by atoms with van der Waals surface area (Å²) in [5, 5.41) is 2.24. The molecular weight excluding hydrogens is 184 g/mol. The Labute approximate surface area is 82.1 Å². The SMILES string of the molecule is COc1ccc(N2CCC(N)C2)s1. The number of nitrogens with two attached hydrogens (primary N) is 1. The van der Waals surface area contributed by atoms with Crippen molar-refractivity contribution in [1.82, 2.24) is 0 Å². The van der Waals surface area contributed by atoms with Gasteiger partial charge in [0.25, 0.3) is 0 Å². The average Bonchev–Trinajstić information content (AvgIpc) is 2.71. The maximum absolute atomic E-state index is 5.83. The van der Waals surface area contributed by atoms with Gasteiger partial charge in [0.05, 0.1) is 12.1 Å². The fraction of sp³-hybridized carbons (Fsp3) is 0.556. The van der Waals surface area contributed by atoms with Crippen LogP contribution in [0.25, 0.3) is 0 Å². The molecule has 1 aliphatic heterocycles. The summed E-state index contributed by atoms with van der Waals surface area (Å²) in [6.45, 7) is 2.05. The molecule has 4 heteroatoms. The standard InChI is InChI=1S/C9H14N2OS/c1-12-9-3-2-8(13-9)11-5-4-7(10)6-11/h2-3,7H,4-6,10H2,1H3. The molecule has 1 aromatic heterocycles. The van der Waals surface area contributed by atoms with E-state index in [-0.39, 0.29) is 0 Å². The van der Waals surface area contributed by atoms with Gasteiger partial charge in [0.15, 0.2) is 5.06 Å². The molecule has 1 saturated heterocycles. The number of nitrogens with zero attached hydrogens (tertiary/aromatic N) is 1. The van der Waals surface area contributed by atoms with Gasteiger partial charge < -0.3 is 15.4 Å². The van der Waals surface area contributed by atoms with E-state index in [1.807, 2.05) is 6.07 Å². The summed E-state index contributed by atoms with van der Waals surface area (Å²) >= 11 is 1.68. The molecule has 1 unspecified atom stereocenters. The quantitative estimate of drug-likeness (QED) is 0.778. The number of ether oxygens (including phenoxy) is 1. The minimum Gasteiger partial charge on any atom is -0.487 e. The lowest BCUT2D eigenvalue weighted by Crippen LogP contribution is -2.25. The monoisotopic (exact) mass is 198 g/mol. The summed E-state index contributed by atoms with van der Waals surface area (Å²) in [6, 6.07) is 4.44. The Hall–Kier alpha value is -0.740. The molecule has 2 heterocycles. The van der Waals surface area contributed by atoms with Crippen LogP contribution in [0.2, 0.25) is 0 Å². The molecule has 0 saturated carbocycles. The molecule has 2 N–H and O–H groups in total. The van der Waals surface area contributed by atoms with Crippen molar-refractivity contribution in [3.8, 4) is 5.06 Å². The predicted molar refractivity (Wildman–Crippen MR) is 55.7 cm³/mol. The normalized spacial score (nSPS) is 22.3. The van der Waals surface area contributed by atoms with Crippen LogP contribution in [0, 0.1) is 0 Å². The van der Waals surface area contributed by atoms with Crippen LogP contribution in [0.3, 0.4) is 0 Å². The summed E-state index contributed by atoms with van der Waals surface area (Å²) in [7, 11) is 1.70. The number of methoxy groups -OCH3 is 1. The molecule has 1 aromatic rings. The van der Waals surface area contributed by atoms with Crippen molar-refractivity contribution in [3.63, 3.8) is 0 Å². The van der Waals surface area contributed by atoms with Crippen molar-refractivity contribution in [2.75, 3.05) is 25.1 Å². The fourth-order valence-electron chi connectivity index (χ4n) is 1.58. The molecular formula is C9H14N2OS. The lowest BCUT2D eigenvalue weighted by Gasteiger charge is -2.14. The number of anilines is 1. The van der Waals surface area contributed by atoms with Crippen LogP contribution in [0.4, 0.5) is 5.00 Å². The van der Waals surface area contributed by atoms with Crippen LogP contribution < -0.4 is 15.4 Å². The smallest absolute Gasteiger partial charge is 0.175 e. The first-order chi connectivity index (χ1) is 6.29. The summed E-state index contributed by atoms with van der Waals surface area (Å²) in [5.74, 6) is 0. The van der Waals surface area contributed by atoms with E-state index in [0.717, 1.165) is 24.6 Å². The van der Waals surface area contributed by atoms with Gasteiger partial charge in [-0.1, -0.05) is 11.3 Å². The van der Waals surface area contributed by atoms with E-state index in [0.29, 0.717) is 6.04 Å². The van der Waals surface area contributed by atoms with Gasteiger partial charge in [0.2, 0.25) is 0 Å². The molecule has 13 heavy (non-hydrogen) atoms. The Bertz CT molecular complexity index is 287. The van der Waals surface area contributed by atoms with Crippen molar-refractivity contribution in [2.24, 2.45) is 5.73 Å². The molecule has 0 amide bonds. The zero-order valence-electron chi connectivity index (χ0n) is 7.69. The van der Waals surface area contributed by atoms with Crippen LogP contribution in [0.1, 0.15) is 6.42 Å². The Morgan fingerprint density at radius 1 is 1.62 bits per heavy atom. The largest absolute Gasteiger partial charge is 0.487 e. The number of hydrogen-bond acceptors (Lipinski definition) is 4. The Morgan fingerprint density at radius 3 is 3.00 bits per heavy atom. The third-order valence-electron chi connectivity index (χ3n) is 2.30.